The Kier molecular flexibility index (Phi) is 4.85. The second kappa shape index (κ2) is 6.82. The van der Waals surface area contributed by atoms with E-state index in [1.54, 1.807) is 6.07 Å². The molecule has 0 heterocycles. The third kappa shape index (κ3) is 3.89. The lowest BCUT2D eigenvalue weighted by Gasteiger charge is -2.14. The highest BCUT2D eigenvalue weighted by Crippen LogP contribution is 2.19. The lowest BCUT2D eigenvalue weighted by Crippen LogP contribution is -2.16. The highest BCUT2D eigenvalue weighted by molar-refractivity contribution is 6.05. The van der Waals surface area contributed by atoms with Crippen LogP contribution in [-0.4, -0.2) is 29.8 Å². The summed E-state index contributed by atoms with van der Waals surface area (Å²) in [5, 5.41) is 13.6. The molecular formula is C16H17N3O3. The largest absolute Gasteiger partial charge is 0.322 e. The number of benzene rings is 2. The number of nitrogens with one attached hydrogen (secondary N) is 1. The lowest BCUT2D eigenvalue weighted by molar-refractivity contribution is -0.384. The topological polar surface area (TPSA) is 75.5 Å². The molecule has 0 aliphatic carbocycles. The second-order valence-electron chi connectivity index (χ2n) is 5.16. The maximum Gasteiger partial charge on any atom is 0.270 e. The third-order valence-corrected chi connectivity index (χ3v) is 3.07. The molecule has 0 bridgehead atoms. The van der Waals surface area contributed by atoms with Crippen molar-refractivity contribution in [3.63, 3.8) is 0 Å². The minimum atomic E-state index is -0.517. The molecule has 0 radical (unpaired) electrons. The van der Waals surface area contributed by atoms with Gasteiger partial charge in [-0.25, -0.2) is 0 Å². The molecule has 0 atom stereocenters. The maximum absolute atomic E-state index is 12.3. The first kappa shape index (κ1) is 15.7. The van der Waals surface area contributed by atoms with Crippen LogP contribution in [-0.2, 0) is 6.54 Å². The Labute approximate surface area is 128 Å². The van der Waals surface area contributed by atoms with E-state index in [0.29, 0.717) is 12.2 Å². The highest BCUT2D eigenvalue weighted by atomic mass is 16.6. The van der Waals surface area contributed by atoms with Gasteiger partial charge in [-0.3, -0.25) is 14.9 Å². The Hall–Kier alpha value is -2.73. The average Bonchev–Trinajstić information content (AvgIpc) is 2.49. The van der Waals surface area contributed by atoms with Gasteiger partial charge < -0.3 is 10.2 Å². The standard InChI is InChI=1S/C16H17N3O3/c1-18(2)11-13-6-3-4-9-15(13)17-16(20)12-7-5-8-14(10-12)19(21)22/h3-10H,11H2,1-2H3,(H,17,20). The predicted octanol–water partition coefficient (Wildman–Crippen LogP) is 2.91. The fourth-order valence-corrected chi connectivity index (χ4v) is 2.08. The fraction of sp³-hybridized carbons (Fsp3) is 0.188. The summed E-state index contributed by atoms with van der Waals surface area (Å²) in [6, 6.07) is 13.2. The van der Waals surface area contributed by atoms with Gasteiger partial charge in [0.1, 0.15) is 0 Å². The number of nitro benzene ring substituents is 1. The quantitative estimate of drug-likeness (QED) is 0.680. The van der Waals surface area contributed by atoms with Crippen molar-refractivity contribution in [1.82, 2.24) is 4.90 Å². The maximum atomic E-state index is 12.3. The van der Waals surface area contributed by atoms with Crippen LogP contribution < -0.4 is 5.32 Å². The van der Waals surface area contributed by atoms with Crippen LogP contribution in [0.2, 0.25) is 0 Å². The van der Waals surface area contributed by atoms with Crippen molar-refractivity contribution in [2.24, 2.45) is 0 Å². The summed E-state index contributed by atoms with van der Waals surface area (Å²) in [5.74, 6) is -0.366. The summed E-state index contributed by atoms with van der Waals surface area (Å²) in [7, 11) is 3.89. The molecule has 0 fully saturated rings. The van der Waals surface area contributed by atoms with Gasteiger partial charge in [0.15, 0.2) is 0 Å². The predicted molar refractivity (Wildman–Crippen MR) is 84.9 cm³/mol. The van der Waals surface area contributed by atoms with Crippen molar-refractivity contribution in [2.45, 2.75) is 6.54 Å². The van der Waals surface area contributed by atoms with E-state index in [9.17, 15) is 14.9 Å². The van der Waals surface area contributed by atoms with Gasteiger partial charge in [0.2, 0.25) is 0 Å². The molecule has 0 aromatic heterocycles. The summed E-state index contributed by atoms with van der Waals surface area (Å²) in [4.78, 5) is 24.5. The third-order valence-electron chi connectivity index (χ3n) is 3.07. The van der Waals surface area contributed by atoms with E-state index in [2.05, 4.69) is 5.32 Å². The zero-order chi connectivity index (χ0) is 16.1. The normalized spacial score (nSPS) is 10.5. The summed E-state index contributed by atoms with van der Waals surface area (Å²) < 4.78 is 0. The van der Waals surface area contributed by atoms with Gasteiger partial charge in [0, 0.05) is 29.9 Å². The molecule has 0 unspecified atom stereocenters. The van der Waals surface area contributed by atoms with Gasteiger partial charge in [0.25, 0.3) is 11.6 Å². The smallest absolute Gasteiger partial charge is 0.270 e. The van der Waals surface area contributed by atoms with Gasteiger partial charge in [-0.1, -0.05) is 24.3 Å². The Morgan fingerprint density at radius 2 is 1.91 bits per heavy atom. The van der Waals surface area contributed by atoms with Crippen LogP contribution in [0.4, 0.5) is 11.4 Å². The van der Waals surface area contributed by atoms with Crippen molar-refractivity contribution >= 4 is 17.3 Å². The number of carbonyl (C=O) groups excluding carboxylic acids is 1. The summed E-state index contributed by atoms with van der Waals surface area (Å²) >= 11 is 0. The van der Waals surface area contributed by atoms with E-state index < -0.39 is 4.92 Å². The SMILES string of the molecule is CN(C)Cc1ccccc1NC(=O)c1cccc([N+](=O)[O-])c1. The highest BCUT2D eigenvalue weighted by Gasteiger charge is 2.13. The first-order chi connectivity index (χ1) is 10.5. The molecule has 2 rings (SSSR count). The molecule has 114 valence electrons. The number of amides is 1. The van der Waals surface area contributed by atoms with Crippen molar-refractivity contribution in [1.29, 1.82) is 0 Å². The molecule has 0 aliphatic heterocycles. The van der Waals surface area contributed by atoms with E-state index in [1.807, 2.05) is 43.3 Å². The van der Waals surface area contributed by atoms with Crippen LogP contribution in [0.15, 0.2) is 48.5 Å². The molecule has 0 spiro atoms. The Bertz CT molecular complexity index is 699. The molecule has 0 saturated carbocycles. The fourth-order valence-electron chi connectivity index (χ4n) is 2.08. The number of para-hydroxylation sites is 1. The Morgan fingerprint density at radius 1 is 1.18 bits per heavy atom. The molecule has 2 aromatic carbocycles. The van der Waals surface area contributed by atoms with Crippen LogP contribution in [0.3, 0.4) is 0 Å². The molecule has 0 saturated heterocycles. The number of rotatable bonds is 5. The summed E-state index contributed by atoms with van der Waals surface area (Å²) in [6.07, 6.45) is 0. The molecule has 2 aromatic rings. The number of nitro groups is 1. The lowest BCUT2D eigenvalue weighted by atomic mass is 10.1. The average molecular weight is 299 g/mol. The van der Waals surface area contributed by atoms with E-state index in [-0.39, 0.29) is 17.2 Å². The zero-order valence-electron chi connectivity index (χ0n) is 12.4. The number of hydrogen-bond donors (Lipinski definition) is 1. The molecule has 1 amide bonds. The van der Waals surface area contributed by atoms with Gasteiger partial charge >= 0.3 is 0 Å². The van der Waals surface area contributed by atoms with Crippen LogP contribution in [0, 0.1) is 10.1 Å². The van der Waals surface area contributed by atoms with E-state index >= 15 is 0 Å². The zero-order valence-corrected chi connectivity index (χ0v) is 12.4. The summed E-state index contributed by atoms with van der Waals surface area (Å²) in [5.41, 5.74) is 1.84. The monoisotopic (exact) mass is 299 g/mol. The minimum Gasteiger partial charge on any atom is -0.322 e. The van der Waals surface area contributed by atoms with Crippen LogP contribution >= 0.6 is 0 Å². The van der Waals surface area contributed by atoms with Crippen molar-refractivity contribution < 1.29 is 9.72 Å². The minimum absolute atomic E-state index is 0.103. The molecule has 6 nitrogen and oxygen atoms in total. The van der Waals surface area contributed by atoms with Crippen molar-refractivity contribution in [3.05, 3.63) is 69.8 Å². The number of anilines is 1. The molecule has 6 heteroatoms. The second-order valence-corrected chi connectivity index (χ2v) is 5.16. The number of carbonyl (C=O) groups is 1. The number of hydrogen-bond acceptors (Lipinski definition) is 4. The van der Waals surface area contributed by atoms with Crippen LogP contribution in [0.25, 0.3) is 0 Å². The van der Waals surface area contributed by atoms with E-state index in [4.69, 9.17) is 0 Å². The van der Waals surface area contributed by atoms with Crippen LogP contribution in [0.1, 0.15) is 15.9 Å². The molecule has 22 heavy (non-hydrogen) atoms. The molecule has 1 N–H and O–H groups in total. The first-order valence-electron chi connectivity index (χ1n) is 6.76. The molecule has 0 aliphatic rings. The van der Waals surface area contributed by atoms with Crippen molar-refractivity contribution in [3.8, 4) is 0 Å². The Balaban J connectivity index is 2.22. The van der Waals surface area contributed by atoms with Crippen molar-refractivity contribution in [2.75, 3.05) is 19.4 Å². The molecular weight excluding hydrogens is 282 g/mol. The Morgan fingerprint density at radius 3 is 2.59 bits per heavy atom. The summed E-state index contributed by atoms with van der Waals surface area (Å²) in [6.45, 7) is 0.686. The first-order valence-corrected chi connectivity index (χ1v) is 6.76. The van der Waals surface area contributed by atoms with Gasteiger partial charge in [-0.2, -0.15) is 0 Å². The van der Waals surface area contributed by atoms with Gasteiger partial charge in [0.05, 0.1) is 4.92 Å². The number of non-ortho nitro benzene ring substituents is 1. The van der Waals surface area contributed by atoms with Gasteiger partial charge in [-0.15, -0.1) is 0 Å². The van der Waals surface area contributed by atoms with E-state index in [0.717, 1.165) is 5.56 Å². The van der Waals surface area contributed by atoms with E-state index in [1.165, 1.54) is 18.2 Å². The van der Waals surface area contributed by atoms with Crippen LogP contribution in [0.5, 0.6) is 0 Å². The van der Waals surface area contributed by atoms with Gasteiger partial charge in [-0.05, 0) is 31.8 Å². The number of nitrogens with zero attached hydrogens (tertiary/aromatic N) is 2.